The Labute approximate surface area is 144 Å². The molecule has 0 fully saturated rings. The Morgan fingerprint density at radius 3 is 2.80 bits per heavy atom. The van der Waals surface area contributed by atoms with Crippen LogP contribution in [-0.4, -0.2) is 23.0 Å². The topological polar surface area (TPSA) is 81.4 Å². The molecule has 0 saturated heterocycles. The van der Waals surface area contributed by atoms with Gasteiger partial charge in [0.25, 0.3) is 5.91 Å². The van der Waals surface area contributed by atoms with Crippen LogP contribution in [0.2, 0.25) is 0 Å². The van der Waals surface area contributed by atoms with Gasteiger partial charge in [-0.15, -0.1) is 0 Å². The van der Waals surface area contributed by atoms with Crippen molar-refractivity contribution in [2.75, 3.05) is 0 Å². The quantitative estimate of drug-likeness (QED) is 0.723. The van der Waals surface area contributed by atoms with Crippen molar-refractivity contribution < 1.29 is 18.7 Å². The van der Waals surface area contributed by atoms with Crippen molar-refractivity contribution in [2.45, 2.75) is 26.5 Å². The molecule has 0 aliphatic carbocycles. The van der Waals surface area contributed by atoms with Crippen LogP contribution in [0.25, 0.3) is 10.9 Å². The normalized spacial score (nSPS) is 11.9. The lowest BCUT2D eigenvalue weighted by atomic mass is 10.1. The predicted octanol–water partition coefficient (Wildman–Crippen LogP) is 3.00. The number of furan rings is 1. The molecular formula is C19H18N2O4. The number of aromatic nitrogens is 1. The number of aryl methyl sites for hydroxylation is 1. The molecule has 1 amide bonds. The summed E-state index contributed by atoms with van der Waals surface area (Å²) < 4.78 is 10.5. The van der Waals surface area contributed by atoms with Crippen LogP contribution in [0.15, 0.2) is 53.1 Å². The van der Waals surface area contributed by atoms with Crippen LogP contribution >= 0.6 is 0 Å². The molecular weight excluding hydrogens is 320 g/mol. The number of nitrogens with zero attached hydrogens (tertiary/aromatic N) is 1. The number of ether oxygens (including phenoxy) is 1. The Kier molecular flexibility index (Phi) is 4.79. The minimum absolute atomic E-state index is 0.241. The number of nitrogens with one attached hydrogen (secondary N) is 1. The van der Waals surface area contributed by atoms with E-state index in [-0.39, 0.29) is 12.5 Å². The fourth-order valence-corrected chi connectivity index (χ4v) is 2.49. The van der Waals surface area contributed by atoms with Gasteiger partial charge in [-0.2, -0.15) is 0 Å². The highest BCUT2D eigenvalue weighted by Crippen LogP contribution is 2.19. The lowest BCUT2D eigenvalue weighted by Crippen LogP contribution is -2.35. The van der Waals surface area contributed by atoms with Gasteiger partial charge in [0.15, 0.2) is 6.10 Å². The number of fused-ring (bicyclic) bond motifs is 1. The highest BCUT2D eigenvalue weighted by Gasteiger charge is 2.21. The van der Waals surface area contributed by atoms with Crippen molar-refractivity contribution in [3.63, 3.8) is 0 Å². The number of hydrogen-bond donors (Lipinski definition) is 1. The van der Waals surface area contributed by atoms with Gasteiger partial charge in [-0.25, -0.2) is 4.79 Å². The Bertz CT molecular complexity index is 903. The maximum atomic E-state index is 12.5. The van der Waals surface area contributed by atoms with Crippen LogP contribution in [0.5, 0.6) is 0 Å². The average molecular weight is 338 g/mol. The molecule has 3 rings (SSSR count). The van der Waals surface area contributed by atoms with Crippen molar-refractivity contribution in [1.29, 1.82) is 0 Å². The van der Waals surface area contributed by atoms with Crippen molar-refractivity contribution in [3.05, 3.63) is 65.7 Å². The van der Waals surface area contributed by atoms with Gasteiger partial charge in [-0.1, -0.05) is 18.2 Å². The monoisotopic (exact) mass is 338 g/mol. The Morgan fingerprint density at radius 1 is 1.24 bits per heavy atom. The first kappa shape index (κ1) is 16.7. The molecule has 1 N–H and O–H groups in total. The SMILES string of the molecule is Cc1cc(C(=O)O[C@@H](C)C(=O)NCc2ccco2)c2ccccc2n1. The second kappa shape index (κ2) is 7.17. The molecule has 0 radical (unpaired) electrons. The molecule has 6 heteroatoms. The summed E-state index contributed by atoms with van der Waals surface area (Å²) in [5.41, 5.74) is 1.82. The van der Waals surface area contributed by atoms with Crippen molar-refractivity contribution in [3.8, 4) is 0 Å². The Balaban J connectivity index is 1.70. The third-order valence-corrected chi connectivity index (χ3v) is 3.73. The molecule has 0 aliphatic rings. The summed E-state index contributed by atoms with van der Waals surface area (Å²) >= 11 is 0. The standard InChI is InChI=1S/C19H18N2O4/c1-12-10-16(15-7-3-4-8-17(15)21-12)19(23)25-13(2)18(22)20-11-14-6-5-9-24-14/h3-10,13H,11H2,1-2H3,(H,20,22)/t13-/m0/s1. The number of esters is 1. The number of amides is 1. The van der Waals surface area contributed by atoms with Crippen LogP contribution in [-0.2, 0) is 16.1 Å². The molecule has 0 unspecified atom stereocenters. The minimum atomic E-state index is -0.922. The van der Waals surface area contributed by atoms with E-state index in [1.165, 1.54) is 13.2 Å². The molecule has 0 spiro atoms. The van der Waals surface area contributed by atoms with Gasteiger partial charge in [0.05, 0.1) is 23.9 Å². The number of hydrogen-bond acceptors (Lipinski definition) is 5. The van der Waals surface area contributed by atoms with E-state index in [2.05, 4.69) is 10.3 Å². The molecule has 2 aromatic heterocycles. The number of carbonyl (C=O) groups is 2. The maximum absolute atomic E-state index is 12.5. The number of para-hydroxylation sites is 1. The minimum Gasteiger partial charge on any atom is -0.467 e. The lowest BCUT2D eigenvalue weighted by molar-refractivity contribution is -0.129. The average Bonchev–Trinajstić information content (AvgIpc) is 3.12. The highest BCUT2D eigenvalue weighted by molar-refractivity contribution is 6.04. The molecule has 2 heterocycles. The number of rotatable bonds is 5. The van der Waals surface area contributed by atoms with E-state index in [4.69, 9.17) is 9.15 Å². The van der Waals surface area contributed by atoms with E-state index in [0.29, 0.717) is 27.9 Å². The maximum Gasteiger partial charge on any atom is 0.339 e. The van der Waals surface area contributed by atoms with E-state index < -0.39 is 12.1 Å². The zero-order chi connectivity index (χ0) is 17.8. The summed E-state index contributed by atoms with van der Waals surface area (Å²) in [5.74, 6) is -0.315. The third kappa shape index (κ3) is 3.85. The van der Waals surface area contributed by atoms with Crippen molar-refractivity contribution in [2.24, 2.45) is 0 Å². The number of carbonyl (C=O) groups excluding carboxylic acids is 2. The van der Waals surface area contributed by atoms with Gasteiger partial charge in [-0.3, -0.25) is 9.78 Å². The second-order valence-electron chi connectivity index (χ2n) is 5.67. The van der Waals surface area contributed by atoms with Gasteiger partial charge >= 0.3 is 5.97 Å². The van der Waals surface area contributed by atoms with Crippen molar-refractivity contribution in [1.82, 2.24) is 10.3 Å². The van der Waals surface area contributed by atoms with E-state index in [1.54, 1.807) is 24.3 Å². The highest BCUT2D eigenvalue weighted by atomic mass is 16.5. The summed E-state index contributed by atoms with van der Waals surface area (Å²) in [5, 5.41) is 3.36. The second-order valence-corrected chi connectivity index (χ2v) is 5.67. The summed E-state index contributed by atoms with van der Waals surface area (Å²) in [4.78, 5) is 29.0. The predicted molar refractivity (Wildman–Crippen MR) is 91.9 cm³/mol. The van der Waals surface area contributed by atoms with Gasteiger partial charge < -0.3 is 14.5 Å². The van der Waals surface area contributed by atoms with Crippen LogP contribution < -0.4 is 5.32 Å². The van der Waals surface area contributed by atoms with E-state index in [9.17, 15) is 9.59 Å². The molecule has 0 aliphatic heterocycles. The summed E-state index contributed by atoms with van der Waals surface area (Å²) in [6, 6.07) is 12.5. The van der Waals surface area contributed by atoms with Crippen LogP contribution in [0.1, 0.15) is 28.7 Å². The largest absolute Gasteiger partial charge is 0.467 e. The van der Waals surface area contributed by atoms with Gasteiger partial charge in [0, 0.05) is 11.1 Å². The number of benzene rings is 1. The smallest absolute Gasteiger partial charge is 0.339 e. The first-order valence-corrected chi connectivity index (χ1v) is 7.92. The molecule has 128 valence electrons. The first-order chi connectivity index (χ1) is 12.0. The van der Waals surface area contributed by atoms with Crippen LogP contribution in [0.4, 0.5) is 0 Å². The van der Waals surface area contributed by atoms with Crippen molar-refractivity contribution >= 4 is 22.8 Å². The molecule has 3 aromatic rings. The Morgan fingerprint density at radius 2 is 2.04 bits per heavy atom. The summed E-state index contributed by atoms with van der Waals surface area (Å²) in [7, 11) is 0. The fourth-order valence-electron chi connectivity index (χ4n) is 2.49. The molecule has 6 nitrogen and oxygen atoms in total. The van der Waals surface area contributed by atoms with E-state index in [0.717, 1.165) is 0 Å². The van der Waals surface area contributed by atoms with Gasteiger partial charge in [0.2, 0.25) is 0 Å². The van der Waals surface area contributed by atoms with Crippen LogP contribution in [0.3, 0.4) is 0 Å². The molecule has 1 atom stereocenters. The zero-order valence-electron chi connectivity index (χ0n) is 14.0. The molecule has 1 aromatic carbocycles. The molecule has 0 saturated carbocycles. The van der Waals surface area contributed by atoms with Gasteiger partial charge in [0.1, 0.15) is 5.76 Å². The van der Waals surface area contributed by atoms with E-state index >= 15 is 0 Å². The number of pyridine rings is 1. The van der Waals surface area contributed by atoms with E-state index in [1.807, 2.05) is 25.1 Å². The van der Waals surface area contributed by atoms with Crippen LogP contribution in [0, 0.1) is 6.92 Å². The first-order valence-electron chi connectivity index (χ1n) is 7.92. The fraction of sp³-hybridized carbons (Fsp3) is 0.211. The lowest BCUT2D eigenvalue weighted by Gasteiger charge is -2.14. The summed E-state index contributed by atoms with van der Waals surface area (Å²) in [6.07, 6.45) is 0.608. The Hall–Kier alpha value is -3.15. The molecule has 25 heavy (non-hydrogen) atoms. The van der Waals surface area contributed by atoms with Gasteiger partial charge in [-0.05, 0) is 38.1 Å². The molecule has 0 bridgehead atoms. The summed E-state index contributed by atoms with van der Waals surface area (Å²) in [6.45, 7) is 3.58. The third-order valence-electron chi connectivity index (χ3n) is 3.73. The zero-order valence-corrected chi connectivity index (χ0v) is 14.0.